The molecule has 0 spiro atoms. The summed E-state index contributed by atoms with van der Waals surface area (Å²) in [4.78, 5) is 26.5. The molecule has 3 aromatic rings. The van der Waals surface area contributed by atoms with E-state index >= 15 is 0 Å². The molecule has 29 heavy (non-hydrogen) atoms. The number of amides is 1. The molecule has 0 radical (unpaired) electrons. The molecule has 1 aliphatic heterocycles. The average Bonchev–Trinajstić information content (AvgIpc) is 3.29. The maximum Gasteiger partial charge on any atom is 0.268 e. The second-order valence-electron chi connectivity index (χ2n) is 6.54. The highest BCUT2D eigenvalue weighted by atomic mass is 35.5. The van der Waals surface area contributed by atoms with Crippen molar-refractivity contribution in [1.29, 1.82) is 0 Å². The molecule has 3 N–H and O–H groups in total. The molecule has 1 aliphatic rings. The van der Waals surface area contributed by atoms with Crippen LogP contribution >= 0.6 is 11.6 Å². The maximum absolute atomic E-state index is 12.2. The number of benzene rings is 1. The fourth-order valence-electron chi connectivity index (χ4n) is 2.96. The average molecular weight is 413 g/mol. The van der Waals surface area contributed by atoms with Crippen molar-refractivity contribution in [3.8, 4) is 0 Å². The Morgan fingerprint density at radius 3 is 2.69 bits per heavy atom. The number of hydrogen-bond acceptors (Lipinski definition) is 6. The number of aromatic amines is 1. The topological polar surface area (TPSA) is 95.2 Å². The number of morpholine rings is 1. The number of carbonyl (C=O) groups is 1. The third-order valence-electron chi connectivity index (χ3n) is 4.45. The summed E-state index contributed by atoms with van der Waals surface area (Å²) in [5.74, 6) is 1.07. The van der Waals surface area contributed by atoms with Gasteiger partial charge in [0.15, 0.2) is 0 Å². The first-order valence-electron chi connectivity index (χ1n) is 9.32. The van der Waals surface area contributed by atoms with Crippen molar-refractivity contribution in [3.05, 3.63) is 65.1 Å². The molecule has 8 nitrogen and oxygen atoms in total. The van der Waals surface area contributed by atoms with Crippen LogP contribution in [0.15, 0.2) is 48.7 Å². The summed E-state index contributed by atoms with van der Waals surface area (Å²) in [5, 5.41) is 6.83. The molecule has 4 rings (SSSR count). The minimum absolute atomic E-state index is 0.186. The van der Waals surface area contributed by atoms with Crippen molar-refractivity contribution >= 4 is 35.0 Å². The Kier molecular flexibility index (Phi) is 5.92. The molecule has 1 aromatic carbocycles. The lowest BCUT2D eigenvalue weighted by atomic mass is 10.3. The molecule has 1 amide bonds. The summed E-state index contributed by atoms with van der Waals surface area (Å²) in [5.41, 5.74) is 2.08. The molecule has 150 valence electrons. The maximum atomic E-state index is 12.2. The minimum Gasteiger partial charge on any atom is -0.378 e. The van der Waals surface area contributed by atoms with Crippen LogP contribution in [0.2, 0.25) is 5.02 Å². The van der Waals surface area contributed by atoms with Gasteiger partial charge in [0.2, 0.25) is 5.95 Å². The van der Waals surface area contributed by atoms with Gasteiger partial charge in [-0.15, -0.1) is 0 Å². The van der Waals surface area contributed by atoms with Crippen molar-refractivity contribution in [2.24, 2.45) is 0 Å². The van der Waals surface area contributed by atoms with E-state index in [1.807, 2.05) is 30.3 Å². The van der Waals surface area contributed by atoms with E-state index in [1.165, 1.54) is 0 Å². The van der Waals surface area contributed by atoms with Crippen LogP contribution in [-0.4, -0.2) is 47.2 Å². The summed E-state index contributed by atoms with van der Waals surface area (Å²) in [6.45, 7) is 3.00. The fraction of sp³-hybridized carbons (Fsp3) is 0.250. The van der Waals surface area contributed by atoms with Gasteiger partial charge in [-0.05, 0) is 36.4 Å². The number of ether oxygens (including phenoxy) is 1. The highest BCUT2D eigenvalue weighted by Crippen LogP contribution is 2.21. The standard InChI is InChI=1S/C20H21ClN6O2/c21-14-3-5-15(6-4-14)24-18-12-16(13-23-19(28)17-2-1-7-22-17)25-20(26-18)27-8-10-29-11-9-27/h1-7,12,22H,8-11,13H2,(H,23,28)(H,24,25,26). The van der Waals surface area contributed by atoms with Crippen LogP contribution in [-0.2, 0) is 11.3 Å². The van der Waals surface area contributed by atoms with Crippen LogP contribution in [0.1, 0.15) is 16.2 Å². The number of rotatable bonds is 6. The Morgan fingerprint density at radius 2 is 1.97 bits per heavy atom. The highest BCUT2D eigenvalue weighted by Gasteiger charge is 2.16. The largest absolute Gasteiger partial charge is 0.378 e. The van der Waals surface area contributed by atoms with E-state index in [0.29, 0.717) is 41.4 Å². The van der Waals surface area contributed by atoms with Gasteiger partial charge in [0.1, 0.15) is 11.5 Å². The lowest BCUT2D eigenvalue weighted by Gasteiger charge is -2.27. The summed E-state index contributed by atoms with van der Waals surface area (Å²) >= 11 is 5.97. The zero-order chi connectivity index (χ0) is 20.1. The van der Waals surface area contributed by atoms with Gasteiger partial charge in [-0.2, -0.15) is 4.98 Å². The molecule has 3 heterocycles. The van der Waals surface area contributed by atoms with Gasteiger partial charge in [0, 0.05) is 36.1 Å². The SMILES string of the molecule is O=C(NCc1cc(Nc2ccc(Cl)cc2)nc(N2CCOCC2)n1)c1ccc[nH]1. The number of anilines is 3. The number of aromatic nitrogens is 3. The molecule has 1 fully saturated rings. The first kappa shape index (κ1) is 19.2. The van der Waals surface area contributed by atoms with Crippen LogP contribution in [0.3, 0.4) is 0 Å². The summed E-state index contributed by atoms with van der Waals surface area (Å²) in [7, 11) is 0. The molecular formula is C20H21ClN6O2. The van der Waals surface area contributed by atoms with Crippen molar-refractivity contribution < 1.29 is 9.53 Å². The monoisotopic (exact) mass is 412 g/mol. The molecule has 0 unspecified atom stereocenters. The van der Waals surface area contributed by atoms with Gasteiger partial charge in [-0.25, -0.2) is 4.98 Å². The highest BCUT2D eigenvalue weighted by molar-refractivity contribution is 6.30. The Bertz CT molecular complexity index is 956. The predicted molar refractivity (Wildman–Crippen MR) is 112 cm³/mol. The quantitative estimate of drug-likeness (QED) is 0.576. The van der Waals surface area contributed by atoms with E-state index in [4.69, 9.17) is 16.3 Å². The summed E-state index contributed by atoms with van der Waals surface area (Å²) in [6.07, 6.45) is 1.71. The molecule has 0 saturated carbocycles. The third-order valence-corrected chi connectivity index (χ3v) is 4.70. The van der Waals surface area contributed by atoms with Gasteiger partial charge in [-0.1, -0.05) is 11.6 Å². The smallest absolute Gasteiger partial charge is 0.268 e. The van der Waals surface area contributed by atoms with Gasteiger partial charge >= 0.3 is 0 Å². The molecule has 0 bridgehead atoms. The first-order chi connectivity index (χ1) is 14.2. The molecule has 2 aromatic heterocycles. The number of H-pyrrole nitrogens is 1. The number of nitrogens with zero attached hydrogens (tertiary/aromatic N) is 3. The molecule has 0 atom stereocenters. The third kappa shape index (κ3) is 5.04. The van der Waals surface area contributed by atoms with E-state index in [2.05, 4.69) is 30.5 Å². The van der Waals surface area contributed by atoms with E-state index in [1.54, 1.807) is 18.3 Å². The molecule has 0 aliphatic carbocycles. The first-order valence-corrected chi connectivity index (χ1v) is 9.70. The lowest BCUT2D eigenvalue weighted by molar-refractivity contribution is 0.0946. The van der Waals surface area contributed by atoms with Crippen molar-refractivity contribution in [3.63, 3.8) is 0 Å². The summed E-state index contributed by atoms with van der Waals surface area (Å²) in [6, 6.07) is 12.7. The molecule has 1 saturated heterocycles. The van der Waals surface area contributed by atoms with Crippen molar-refractivity contribution in [2.75, 3.05) is 36.5 Å². The zero-order valence-electron chi connectivity index (χ0n) is 15.7. The van der Waals surface area contributed by atoms with E-state index in [0.717, 1.165) is 18.8 Å². The van der Waals surface area contributed by atoms with Crippen LogP contribution in [0, 0.1) is 0 Å². The second-order valence-corrected chi connectivity index (χ2v) is 6.98. The minimum atomic E-state index is -0.186. The van der Waals surface area contributed by atoms with Crippen LogP contribution in [0.5, 0.6) is 0 Å². The number of carbonyl (C=O) groups excluding carboxylic acids is 1. The number of hydrogen-bond donors (Lipinski definition) is 3. The van der Waals surface area contributed by atoms with Gasteiger partial charge in [0.25, 0.3) is 5.91 Å². The van der Waals surface area contributed by atoms with E-state index < -0.39 is 0 Å². The number of nitrogens with one attached hydrogen (secondary N) is 3. The van der Waals surface area contributed by atoms with Crippen molar-refractivity contribution in [2.45, 2.75) is 6.54 Å². The van der Waals surface area contributed by atoms with Gasteiger partial charge in [0.05, 0.1) is 25.5 Å². The molecular weight excluding hydrogens is 392 g/mol. The Hall–Kier alpha value is -3.10. The van der Waals surface area contributed by atoms with E-state index in [-0.39, 0.29) is 12.5 Å². The predicted octanol–water partition coefficient (Wildman–Crippen LogP) is 2.97. The lowest BCUT2D eigenvalue weighted by Crippen LogP contribution is -2.37. The van der Waals surface area contributed by atoms with Gasteiger partial charge in [-0.3, -0.25) is 4.79 Å². The second kappa shape index (κ2) is 8.93. The van der Waals surface area contributed by atoms with Crippen LogP contribution < -0.4 is 15.5 Å². The Balaban J connectivity index is 1.55. The number of halogens is 1. The normalized spacial score (nSPS) is 13.9. The Morgan fingerprint density at radius 1 is 1.17 bits per heavy atom. The zero-order valence-corrected chi connectivity index (χ0v) is 16.4. The fourth-order valence-corrected chi connectivity index (χ4v) is 3.09. The summed E-state index contributed by atoms with van der Waals surface area (Å²) < 4.78 is 5.42. The van der Waals surface area contributed by atoms with E-state index in [9.17, 15) is 4.79 Å². The van der Waals surface area contributed by atoms with Crippen LogP contribution in [0.25, 0.3) is 0 Å². The van der Waals surface area contributed by atoms with Crippen LogP contribution in [0.4, 0.5) is 17.5 Å². The van der Waals surface area contributed by atoms with Crippen molar-refractivity contribution in [1.82, 2.24) is 20.3 Å². The molecule has 9 heteroatoms. The Labute approximate surface area is 173 Å². The van der Waals surface area contributed by atoms with Gasteiger partial charge < -0.3 is 25.3 Å².